The maximum absolute atomic E-state index is 9.27. The molecule has 2 heteroatoms. The standard InChI is InChI=1S/C19H30N2/c20-15-16-8-7-13-19(14-16)21(17-9-3-1-4-10-17)18-11-5-2-6-12-18/h14,17-19H,1-13H2. The fraction of sp³-hybridized carbons (Fsp3) is 0.842. The molecule has 0 aromatic heterocycles. The molecule has 3 aliphatic rings. The van der Waals surface area contributed by atoms with Crippen LogP contribution in [-0.4, -0.2) is 23.0 Å². The molecule has 0 spiro atoms. The molecule has 0 bridgehead atoms. The molecule has 0 saturated heterocycles. The average Bonchev–Trinajstić information content (AvgIpc) is 2.57. The van der Waals surface area contributed by atoms with E-state index in [4.69, 9.17) is 0 Å². The van der Waals surface area contributed by atoms with E-state index >= 15 is 0 Å². The molecule has 0 aromatic rings. The van der Waals surface area contributed by atoms with E-state index in [1.165, 1.54) is 77.0 Å². The van der Waals surface area contributed by atoms with Crippen LogP contribution in [0.3, 0.4) is 0 Å². The molecule has 3 rings (SSSR count). The van der Waals surface area contributed by atoms with Crippen LogP contribution < -0.4 is 0 Å². The Hall–Kier alpha value is -0.810. The molecule has 0 amide bonds. The number of nitriles is 1. The van der Waals surface area contributed by atoms with Gasteiger partial charge >= 0.3 is 0 Å². The van der Waals surface area contributed by atoms with Crippen LogP contribution in [-0.2, 0) is 0 Å². The molecule has 3 aliphatic carbocycles. The minimum Gasteiger partial charge on any atom is -0.291 e. The third-order valence-electron chi connectivity index (χ3n) is 5.86. The lowest BCUT2D eigenvalue weighted by molar-refractivity contribution is 0.0492. The van der Waals surface area contributed by atoms with Crippen molar-refractivity contribution in [2.75, 3.05) is 0 Å². The summed E-state index contributed by atoms with van der Waals surface area (Å²) in [5, 5.41) is 9.27. The Morgan fingerprint density at radius 2 is 1.38 bits per heavy atom. The summed E-state index contributed by atoms with van der Waals surface area (Å²) < 4.78 is 0. The summed E-state index contributed by atoms with van der Waals surface area (Å²) >= 11 is 0. The number of allylic oxidation sites excluding steroid dienone is 1. The molecule has 21 heavy (non-hydrogen) atoms. The van der Waals surface area contributed by atoms with Crippen molar-refractivity contribution in [2.45, 2.75) is 102 Å². The van der Waals surface area contributed by atoms with Gasteiger partial charge in [-0.1, -0.05) is 44.6 Å². The highest BCUT2D eigenvalue weighted by Crippen LogP contribution is 2.35. The van der Waals surface area contributed by atoms with Gasteiger partial charge in [0.25, 0.3) is 0 Å². The Bertz CT molecular complexity index is 376. The molecule has 0 heterocycles. The van der Waals surface area contributed by atoms with Gasteiger partial charge in [0.15, 0.2) is 0 Å². The second kappa shape index (κ2) is 7.45. The molecule has 0 N–H and O–H groups in total. The molecular weight excluding hydrogens is 256 g/mol. The first kappa shape index (κ1) is 15.1. The Labute approximate surface area is 130 Å². The maximum atomic E-state index is 9.27. The minimum absolute atomic E-state index is 0.555. The van der Waals surface area contributed by atoms with Crippen molar-refractivity contribution >= 4 is 0 Å². The van der Waals surface area contributed by atoms with Crippen LogP contribution in [0.2, 0.25) is 0 Å². The summed E-state index contributed by atoms with van der Waals surface area (Å²) in [7, 11) is 0. The van der Waals surface area contributed by atoms with E-state index in [1.807, 2.05) is 0 Å². The monoisotopic (exact) mass is 286 g/mol. The van der Waals surface area contributed by atoms with Crippen LogP contribution in [0.5, 0.6) is 0 Å². The van der Waals surface area contributed by atoms with Crippen molar-refractivity contribution in [1.29, 1.82) is 5.26 Å². The van der Waals surface area contributed by atoms with Crippen LogP contribution in [0.25, 0.3) is 0 Å². The van der Waals surface area contributed by atoms with Crippen molar-refractivity contribution in [1.82, 2.24) is 4.90 Å². The molecule has 0 aliphatic heterocycles. The summed E-state index contributed by atoms with van der Waals surface area (Å²) in [5.74, 6) is 0. The number of rotatable bonds is 3. The lowest BCUT2D eigenvalue weighted by Gasteiger charge is -2.46. The van der Waals surface area contributed by atoms with Crippen LogP contribution in [0.4, 0.5) is 0 Å². The summed E-state index contributed by atoms with van der Waals surface area (Å²) in [6.45, 7) is 0. The maximum Gasteiger partial charge on any atom is 0.0944 e. The molecule has 1 atom stereocenters. The van der Waals surface area contributed by atoms with E-state index < -0.39 is 0 Å². The molecule has 0 radical (unpaired) electrons. The second-order valence-electron chi connectivity index (χ2n) is 7.29. The predicted molar refractivity (Wildman–Crippen MR) is 86.9 cm³/mol. The van der Waals surface area contributed by atoms with E-state index in [1.54, 1.807) is 0 Å². The van der Waals surface area contributed by atoms with Crippen molar-refractivity contribution in [3.8, 4) is 6.07 Å². The topological polar surface area (TPSA) is 27.0 Å². The first-order chi connectivity index (χ1) is 10.4. The molecule has 2 saturated carbocycles. The molecule has 2 nitrogen and oxygen atoms in total. The van der Waals surface area contributed by atoms with Gasteiger partial charge in [0.2, 0.25) is 0 Å². The van der Waals surface area contributed by atoms with Gasteiger partial charge in [0, 0.05) is 23.7 Å². The largest absolute Gasteiger partial charge is 0.291 e. The Balaban J connectivity index is 1.78. The van der Waals surface area contributed by atoms with Gasteiger partial charge < -0.3 is 0 Å². The minimum atomic E-state index is 0.555. The van der Waals surface area contributed by atoms with E-state index in [0.717, 1.165) is 24.1 Å². The third-order valence-corrected chi connectivity index (χ3v) is 5.86. The number of hydrogen-bond donors (Lipinski definition) is 0. The number of nitrogens with zero attached hydrogens (tertiary/aromatic N) is 2. The summed E-state index contributed by atoms with van der Waals surface area (Å²) in [4.78, 5) is 2.88. The quantitative estimate of drug-likeness (QED) is 0.733. The highest BCUT2D eigenvalue weighted by Gasteiger charge is 2.34. The van der Waals surface area contributed by atoms with E-state index in [-0.39, 0.29) is 0 Å². The fourth-order valence-electron chi connectivity index (χ4n) is 4.83. The number of hydrogen-bond acceptors (Lipinski definition) is 2. The van der Waals surface area contributed by atoms with Crippen molar-refractivity contribution in [3.05, 3.63) is 11.6 Å². The van der Waals surface area contributed by atoms with Crippen molar-refractivity contribution in [3.63, 3.8) is 0 Å². The molecule has 116 valence electrons. The first-order valence-corrected chi connectivity index (χ1v) is 9.27. The van der Waals surface area contributed by atoms with E-state index in [9.17, 15) is 5.26 Å². The Kier molecular flexibility index (Phi) is 5.36. The second-order valence-corrected chi connectivity index (χ2v) is 7.29. The zero-order chi connectivity index (χ0) is 14.5. The van der Waals surface area contributed by atoms with Gasteiger partial charge in [-0.15, -0.1) is 0 Å². The molecule has 2 fully saturated rings. The zero-order valence-electron chi connectivity index (χ0n) is 13.4. The Morgan fingerprint density at radius 1 is 0.810 bits per heavy atom. The lowest BCUT2D eigenvalue weighted by Crippen LogP contribution is -2.50. The van der Waals surface area contributed by atoms with Crippen molar-refractivity contribution in [2.24, 2.45) is 0 Å². The van der Waals surface area contributed by atoms with Crippen LogP contribution in [0, 0.1) is 11.3 Å². The van der Waals surface area contributed by atoms with Crippen LogP contribution >= 0.6 is 0 Å². The van der Waals surface area contributed by atoms with Crippen LogP contribution in [0.1, 0.15) is 83.5 Å². The van der Waals surface area contributed by atoms with E-state index in [2.05, 4.69) is 17.0 Å². The summed E-state index contributed by atoms with van der Waals surface area (Å²) in [6, 6.07) is 4.57. The van der Waals surface area contributed by atoms with Crippen LogP contribution in [0.15, 0.2) is 11.6 Å². The smallest absolute Gasteiger partial charge is 0.0944 e. The van der Waals surface area contributed by atoms with Gasteiger partial charge in [-0.2, -0.15) is 5.26 Å². The molecular formula is C19H30N2. The summed E-state index contributed by atoms with van der Waals surface area (Å²) in [5.41, 5.74) is 1.04. The SMILES string of the molecule is N#CC1=CC(N(C2CCCCC2)C2CCCCC2)CCC1. The van der Waals surface area contributed by atoms with Gasteiger partial charge in [0.05, 0.1) is 6.07 Å². The van der Waals surface area contributed by atoms with Gasteiger partial charge in [-0.3, -0.25) is 4.90 Å². The fourth-order valence-corrected chi connectivity index (χ4v) is 4.83. The highest BCUT2D eigenvalue weighted by molar-refractivity contribution is 5.25. The zero-order valence-corrected chi connectivity index (χ0v) is 13.4. The van der Waals surface area contributed by atoms with Crippen molar-refractivity contribution < 1.29 is 0 Å². The van der Waals surface area contributed by atoms with Gasteiger partial charge in [0.1, 0.15) is 0 Å². The van der Waals surface area contributed by atoms with E-state index in [0.29, 0.717) is 6.04 Å². The van der Waals surface area contributed by atoms with Gasteiger partial charge in [-0.05, 0) is 44.9 Å². The lowest BCUT2D eigenvalue weighted by atomic mass is 9.85. The third kappa shape index (κ3) is 3.69. The average molecular weight is 286 g/mol. The molecule has 1 unspecified atom stereocenters. The highest BCUT2D eigenvalue weighted by atomic mass is 15.2. The summed E-state index contributed by atoms with van der Waals surface area (Å²) in [6.07, 6.45) is 19.9. The van der Waals surface area contributed by atoms with Gasteiger partial charge in [-0.25, -0.2) is 0 Å². The predicted octanol–water partition coefficient (Wildman–Crippen LogP) is 4.96. The first-order valence-electron chi connectivity index (χ1n) is 9.27. The normalized spacial score (nSPS) is 29.1. The molecule has 0 aromatic carbocycles. The Morgan fingerprint density at radius 3 is 1.90 bits per heavy atom.